The van der Waals surface area contributed by atoms with E-state index in [1.54, 1.807) is 19.1 Å². The maximum atomic E-state index is 12.1. The number of nitrogens with one attached hydrogen (secondary N) is 1. The molecule has 0 saturated heterocycles. The lowest BCUT2D eigenvalue weighted by Crippen LogP contribution is -2.42. The zero-order valence-corrected chi connectivity index (χ0v) is 13.3. The number of hydrogen-bond donors (Lipinski definition) is 2. The summed E-state index contributed by atoms with van der Waals surface area (Å²) < 4.78 is 10.7. The molecule has 7 heteroatoms. The SMILES string of the molecule is Cc1oc(-c2ccco2)nc1CC(=O)NC(CC(C)C)C(=O)O. The van der Waals surface area contributed by atoms with E-state index in [0.29, 0.717) is 29.5 Å². The monoisotopic (exact) mass is 320 g/mol. The van der Waals surface area contributed by atoms with Gasteiger partial charge in [0.05, 0.1) is 18.4 Å². The molecular formula is C16H20N2O5. The number of furan rings is 1. The van der Waals surface area contributed by atoms with E-state index in [2.05, 4.69) is 10.3 Å². The lowest BCUT2D eigenvalue weighted by Gasteiger charge is -2.16. The first kappa shape index (κ1) is 16.8. The molecule has 0 fully saturated rings. The average Bonchev–Trinajstić information content (AvgIpc) is 3.08. The zero-order valence-electron chi connectivity index (χ0n) is 13.3. The molecule has 124 valence electrons. The van der Waals surface area contributed by atoms with Crippen molar-refractivity contribution in [3.63, 3.8) is 0 Å². The second-order valence-corrected chi connectivity index (χ2v) is 5.76. The summed E-state index contributed by atoms with van der Waals surface area (Å²) >= 11 is 0. The van der Waals surface area contributed by atoms with Crippen LogP contribution in [0.1, 0.15) is 31.7 Å². The van der Waals surface area contributed by atoms with E-state index in [-0.39, 0.29) is 12.3 Å². The largest absolute Gasteiger partial charge is 0.480 e. The van der Waals surface area contributed by atoms with Gasteiger partial charge in [0.1, 0.15) is 11.8 Å². The Morgan fingerprint density at radius 1 is 1.39 bits per heavy atom. The van der Waals surface area contributed by atoms with E-state index < -0.39 is 17.9 Å². The topological polar surface area (TPSA) is 106 Å². The van der Waals surface area contributed by atoms with Crippen LogP contribution in [-0.2, 0) is 16.0 Å². The van der Waals surface area contributed by atoms with Crippen LogP contribution in [0.25, 0.3) is 11.7 Å². The number of carbonyl (C=O) groups is 2. The van der Waals surface area contributed by atoms with E-state index in [1.165, 1.54) is 6.26 Å². The molecule has 7 nitrogen and oxygen atoms in total. The van der Waals surface area contributed by atoms with Crippen LogP contribution < -0.4 is 5.32 Å². The van der Waals surface area contributed by atoms with Gasteiger partial charge in [-0.2, -0.15) is 0 Å². The summed E-state index contributed by atoms with van der Waals surface area (Å²) in [5.41, 5.74) is 0.461. The molecule has 2 N–H and O–H groups in total. The van der Waals surface area contributed by atoms with Crippen LogP contribution in [0.3, 0.4) is 0 Å². The summed E-state index contributed by atoms with van der Waals surface area (Å²) in [6.07, 6.45) is 1.83. The highest BCUT2D eigenvalue weighted by Crippen LogP contribution is 2.22. The summed E-state index contributed by atoms with van der Waals surface area (Å²) in [5.74, 6) is -0.00564. The molecule has 0 aliphatic carbocycles. The highest BCUT2D eigenvalue weighted by atomic mass is 16.4. The number of aromatic nitrogens is 1. The van der Waals surface area contributed by atoms with Gasteiger partial charge >= 0.3 is 5.97 Å². The summed E-state index contributed by atoms with van der Waals surface area (Å²) in [5, 5.41) is 11.7. The molecule has 2 aromatic rings. The number of rotatable bonds is 7. The second kappa shape index (κ2) is 7.13. The van der Waals surface area contributed by atoms with E-state index in [4.69, 9.17) is 13.9 Å². The molecule has 0 aromatic carbocycles. The Kier molecular flexibility index (Phi) is 5.20. The van der Waals surface area contributed by atoms with Crippen molar-refractivity contribution in [2.75, 3.05) is 0 Å². The first-order valence-corrected chi connectivity index (χ1v) is 7.39. The quantitative estimate of drug-likeness (QED) is 0.811. The van der Waals surface area contributed by atoms with Gasteiger partial charge in [-0.25, -0.2) is 9.78 Å². The third-order valence-electron chi connectivity index (χ3n) is 3.29. The molecule has 0 bridgehead atoms. The Morgan fingerprint density at radius 3 is 2.70 bits per heavy atom. The fourth-order valence-electron chi connectivity index (χ4n) is 2.19. The van der Waals surface area contributed by atoms with E-state index in [0.717, 1.165) is 0 Å². The predicted octanol–water partition coefficient (Wildman–Crippen LogP) is 2.40. The van der Waals surface area contributed by atoms with Crippen LogP contribution in [0.5, 0.6) is 0 Å². The Balaban J connectivity index is 2.04. The van der Waals surface area contributed by atoms with Crippen LogP contribution in [0.15, 0.2) is 27.2 Å². The average molecular weight is 320 g/mol. The molecule has 23 heavy (non-hydrogen) atoms. The molecule has 0 aliphatic rings. The van der Waals surface area contributed by atoms with Gasteiger partial charge < -0.3 is 19.3 Å². The van der Waals surface area contributed by atoms with Gasteiger partial charge in [-0.1, -0.05) is 13.8 Å². The van der Waals surface area contributed by atoms with Gasteiger partial charge in [0.15, 0.2) is 5.76 Å². The number of amides is 1. The maximum Gasteiger partial charge on any atom is 0.326 e. The molecule has 1 atom stereocenters. The molecule has 0 spiro atoms. The van der Waals surface area contributed by atoms with Crippen molar-refractivity contribution >= 4 is 11.9 Å². The first-order valence-electron chi connectivity index (χ1n) is 7.39. The zero-order chi connectivity index (χ0) is 17.0. The third kappa shape index (κ3) is 4.45. The first-order chi connectivity index (χ1) is 10.9. The molecule has 0 saturated carbocycles. The number of hydrogen-bond acceptors (Lipinski definition) is 5. The van der Waals surface area contributed by atoms with Crippen LogP contribution in [0, 0.1) is 12.8 Å². The van der Waals surface area contributed by atoms with E-state index in [9.17, 15) is 9.59 Å². The van der Waals surface area contributed by atoms with Crippen molar-refractivity contribution < 1.29 is 23.5 Å². The number of nitrogens with zero attached hydrogens (tertiary/aromatic N) is 1. The normalized spacial score (nSPS) is 12.3. The Morgan fingerprint density at radius 2 is 2.13 bits per heavy atom. The number of carboxylic acids is 1. The minimum absolute atomic E-state index is 0.0437. The van der Waals surface area contributed by atoms with E-state index in [1.807, 2.05) is 13.8 Å². The van der Waals surface area contributed by atoms with Crippen molar-refractivity contribution in [3.05, 3.63) is 29.9 Å². The summed E-state index contributed by atoms with van der Waals surface area (Å²) in [6.45, 7) is 5.50. The van der Waals surface area contributed by atoms with Crippen molar-refractivity contribution in [2.45, 2.75) is 39.7 Å². The number of aryl methyl sites for hydroxylation is 1. The number of oxazole rings is 1. The highest BCUT2D eigenvalue weighted by Gasteiger charge is 2.23. The lowest BCUT2D eigenvalue weighted by atomic mass is 10.0. The summed E-state index contributed by atoms with van der Waals surface area (Å²) in [4.78, 5) is 27.5. The van der Waals surface area contributed by atoms with Gasteiger partial charge in [0, 0.05) is 0 Å². The fraction of sp³-hybridized carbons (Fsp3) is 0.438. The number of aliphatic carboxylic acids is 1. The summed E-state index contributed by atoms with van der Waals surface area (Å²) in [6, 6.07) is 2.52. The van der Waals surface area contributed by atoms with Crippen molar-refractivity contribution in [1.82, 2.24) is 10.3 Å². The van der Waals surface area contributed by atoms with Crippen LogP contribution in [0.2, 0.25) is 0 Å². The molecule has 2 heterocycles. The number of carboxylic acid groups (broad SMARTS) is 1. The van der Waals surface area contributed by atoms with Gasteiger partial charge in [-0.05, 0) is 31.4 Å². The lowest BCUT2D eigenvalue weighted by molar-refractivity contribution is -0.142. The van der Waals surface area contributed by atoms with Gasteiger partial charge in [0.2, 0.25) is 5.91 Å². The van der Waals surface area contributed by atoms with Crippen LogP contribution >= 0.6 is 0 Å². The highest BCUT2D eigenvalue weighted by molar-refractivity contribution is 5.84. The molecule has 1 amide bonds. The molecule has 1 unspecified atom stereocenters. The molecule has 2 rings (SSSR count). The van der Waals surface area contributed by atoms with Gasteiger partial charge in [0.25, 0.3) is 5.89 Å². The standard InChI is InChI=1S/C16H20N2O5/c1-9(2)7-12(16(20)21)17-14(19)8-11-10(3)23-15(18-11)13-5-4-6-22-13/h4-6,9,12H,7-8H2,1-3H3,(H,17,19)(H,20,21). The van der Waals surface area contributed by atoms with Gasteiger partial charge in [-0.3, -0.25) is 4.79 Å². The Bertz CT molecular complexity index is 673. The smallest absolute Gasteiger partial charge is 0.326 e. The van der Waals surface area contributed by atoms with Crippen LogP contribution in [-0.4, -0.2) is 28.0 Å². The fourth-order valence-corrected chi connectivity index (χ4v) is 2.19. The van der Waals surface area contributed by atoms with Crippen LogP contribution in [0.4, 0.5) is 0 Å². The second-order valence-electron chi connectivity index (χ2n) is 5.76. The Hall–Kier alpha value is -2.57. The minimum atomic E-state index is -1.04. The molecule has 0 aliphatic heterocycles. The molecular weight excluding hydrogens is 300 g/mol. The predicted molar refractivity (Wildman–Crippen MR) is 81.7 cm³/mol. The molecule has 0 radical (unpaired) electrons. The Labute approximate surface area is 133 Å². The molecule has 2 aromatic heterocycles. The minimum Gasteiger partial charge on any atom is -0.480 e. The summed E-state index contributed by atoms with van der Waals surface area (Å²) in [7, 11) is 0. The van der Waals surface area contributed by atoms with Crippen molar-refractivity contribution in [3.8, 4) is 11.7 Å². The van der Waals surface area contributed by atoms with Crippen molar-refractivity contribution in [2.24, 2.45) is 5.92 Å². The van der Waals surface area contributed by atoms with Gasteiger partial charge in [-0.15, -0.1) is 0 Å². The maximum absolute atomic E-state index is 12.1. The van der Waals surface area contributed by atoms with Crippen molar-refractivity contribution in [1.29, 1.82) is 0 Å². The number of carbonyl (C=O) groups excluding carboxylic acids is 1. The van der Waals surface area contributed by atoms with E-state index >= 15 is 0 Å². The third-order valence-corrected chi connectivity index (χ3v) is 3.29.